The summed E-state index contributed by atoms with van der Waals surface area (Å²) in [6, 6.07) is 17.1. The molecule has 0 heterocycles. The smallest absolute Gasteiger partial charge is 0.225 e. The molecule has 0 fully saturated rings. The van der Waals surface area contributed by atoms with Gasteiger partial charge in [0, 0.05) is 6.42 Å². The van der Waals surface area contributed by atoms with Crippen LogP contribution in [0.3, 0.4) is 0 Å². The van der Waals surface area contributed by atoms with Crippen molar-refractivity contribution in [1.29, 1.82) is 0 Å². The summed E-state index contributed by atoms with van der Waals surface area (Å²) >= 11 is 0. The zero-order valence-corrected chi connectivity index (χ0v) is 12.4. The summed E-state index contributed by atoms with van der Waals surface area (Å²) in [5, 5.41) is 2.96. The molecule has 0 radical (unpaired) electrons. The first-order valence-corrected chi connectivity index (χ1v) is 7.60. The van der Waals surface area contributed by atoms with Crippen molar-refractivity contribution in [2.24, 2.45) is 5.92 Å². The number of hydrogen-bond donors (Lipinski definition) is 1. The van der Waals surface area contributed by atoms with E-state index in [1.165, 1.54) is 0 Å². The monoisotopic (exact) mass is 293 g/mol. The number of allylic oxidation sites excluding steroid dienone is 2. The Labute approximate surface area is 130 Å². The van der Waals surface area contributed by atoms with Gasteiger partial charge in [-0.2, -0.15) is 0 Å². The molecule has 1 aliphatic rings. The third kappa shape index (κ3) is 3.76. The highest BCUT2D eigenvalue weighted by Crippen LogP contribution is 2.29. The third-order valence-electron chi connectivity index (χ3n) is 3.69. The largest absolute Gasteiger partial charge is 0.455 e. The molecular weight excluding hydrogens is 274 g/mol. The van der Waals surface area contributed by atoms with Crippen LogP contribution in [0.25, 0.3) is 0 Å². The zero-order valence-electron chi connectivity index (χ0n) is 12.4. The van der Waals surface area contributed by atoms with Gasteiger partial charge >= 0.3 is 0 Å². The molecule has 2 aromatic rings. The molecule has 22 heavy (non-hydrogen) atoms. The van der Waals surface area contributed by atoms with E-state index in [-0.39, 0.29) is 5.91 Å². The van der Waals surface area contributed by atoms with Crippen LogP contribution in [0.2, 0.25) is 0 Å². The summed E-state index contributed by atoms with van der Waals surface area (Å²) in [5.41, 5.74) is 0.707. The van der Waals surface area contributed by atoms with Crippen molar-refractivity contribution in [2.45, 2.75) is 19.3 Å². The zero-order chi connectivity index (χ0) is 15.2. The van der Waals surface area contributed by atoms with E-state index >= 15 is 0 Å². The predicted octanol–water partition coefficient (Wildman–Crippen LogP) is 4.77. The molecule has 0 spiro atoms. The molecule has 112 valence electrons. The molecule has 0 bridgehead atoms. The first kappa shape index (κ1) is 14.4. The van der Waals surface area contributed by atoms with E-state index in [0.717, 1.165) is 18.6 Å². The Kier molecular flexibility index (Phi) is 4.54. The second kappa shape index (κ2) is 6.94. The average molecular weight is 293 g/mol. The van der Waals surface area contributed by atoms with Crippen LogP contribution in [0.1, 0.15) is 19.3 Å². The van der Waals surface area contributed by atoms with Crippen LogP contribution >= 0.6 is 0 Å². The number of hydrogen-bond acceptors (Lipinski definition) is 2. The molecule has 2 aromatic carbocycles. The lowest BCUT2D eigenvalue weighted by molar-refractivity contribution is -0.116. The van der Waals surface area contributed by atoms with E-state index in [1.807, 2.05) is 54.6 Å². The Bertz CT molecular complexity index is 664. The summed E-state index contributed by atoms with van der Waals surface area (Å²) in [6.07, 6.45) is 6.94. The van der Waals surface area contributed by atoms with Crippen molar-refractivity contribution in [3.63, 3.8) is 0 Å². The van der Waals surface area contributed by atoms with Gasteiger partial charge in [0.25, 0.3) is 0 Å². The van der Waals surface area contributed by atoms with E-state index < -0.39 is 0 Å². The Morgan fingerprint density at radius 1 is 1.09 bits per heavy atom. The lowest BCUT2D eigenvalue weighted by Crippen LogP contribution is -2.15. The number of para-hydroxylation sites is 3. The first-order chi connectivity index (χ1) is 10.8. The molecule has 0 saturated carbocycles. The van der Waals surface area contributed by atoms with Crippen LogP contribution in [0.4, 0.5) is 5.69 Å². The summed E-state index contributed by atoms with van der Waals surface area (Å²) in [5.74, 6) is 1.80. The molecule has 0 aromatic heterocycles. The van der Waals surface area contributed by atoms with Gasteiger partial charge < -0.3 is 10.1 Å². The second-order valence-corrected chi connectivity index (χ2v) is 5.43. The summed E-state index contributed by atoms with van der Waals surface area (Å²) in [7, 11) is 0. The van der Waals surface area contributed by atoms with Crippen molar-refractivity contribution in [3.05, 3.63) is 66.7 Å². The Morgan fingerprint density at radius 2 is 1.86 bits per heavy atom. The maximum absolute atomic E-state index is 12.2. The number of carbonyl (C=O) groups is 1. The molecule has 0 aliphatic heterocycles. The van der Waals surface area contributed by atoms with Gasteiger partial charge in [-0.25, -0.2) is 0 Å². The summed E-state index contributed by atoms with van der Waals surface area (Å²) < 4.78 is 5.85. The number of ether oxygens (including phenoxy) is 1. The molecule has 1 N–H and O–H groups in total. The number of carbonyl (C=O) groups excluding carboxylic acids is 1. The van der Waals surface area contributed by atoms with Crippen LogP contribution in [0.5, 0.6) is 11.5 Å². The molecular formula is C19H19NO2. The Hall–Kier alpha value is -2.55. The number of nitrogens with one attached hydrogen (secondary N) is 1. The van der Waals surface area contributed by atoms with E-state index in [0.29, 0.717) is 23.8 Å². The fourth-order valence-electron chi connectivity index (χ4n) is 2.58. The first-order valence-electron chi connectivity index (χ1n) is 7.60. The second-order valence-electron chi connectivity index (χ2n) is 5.43. The van der Waals surface area contributed by atoms with E-state index in [2.05, 4.69) is 17.5 Å². The minimum absolute atomic E-state index is 0.0284. The molecule has 0 saturated heterocycles. The minimum atomic E-state index is 0.0284. The van der Waals surface area contributed by atoms with Gasteiger partial charge in [-0.05, 0) is 43.0 Å². The van der Waals surface area contributed by atoms with Gasteiger partial charge in [0.1, 0.15) is 5.75 Å². The highest BCUT2D eigenvalue weighted by Gasteiger charge is 2.15. The Balaban J connectivity index is 1.68. The van der Waals surface area contributed by atoms with Crippen molar-refractivity contribution in [1.82, 2.24) is 0 Å². The van der Waals surface area contributed by atoms with Gasteiger partial charge in [0.15, 0.2) is 5.75 Å². The van der Waals surface area contributed by atoms with Crippen LogP contribution in [-0.2, 0) is 4.79 Å². The molecule has 3 nitrogen and oxygen atoms in total. The molecule has 1 aliphatic carbocycles. The van der Waals surface area contributed by atoms with E-state index in [4.69, 9.17) is 4.74 Å². The Morgan fingerprint density at radius 3 is 2.64 bits per heavy atom. The molecule has 3 rings (SSSR count). The quantitative estimate of drug-likeness (QED) is 0.806. The van der Waals surface area contributed by atoms with Crippen LogP contribution in [0.15, 0.2) is 66.7 Å². The highest BCUT2D eigenvalue weighted by molar-refractivity contribution is 5.92. The lowest BCUT2D eigenvalue weighted by Gasteiger charge is -2.13. The van der Waals surface area contributed by atoms with Gasteiger partial charge in [0.05, 0.1) is 5.69 Å². The minimum Gasteiger partial charge on any atom is -0.455 e. The van der Waals surface area contributed by atoms with E-state index in [1.54, 1.807) is 0 Å². The molecule has 0 unspecified atom stereocenters. The predicted molar refractivity (Wildman–Crippen MR) is 88.1 cm³/mol. The van der Waals surface area contributed by atoms with E-state index in [9.17, 15) is 4.79 Å². The van der Waals surface area contributed by atoms with Crippen molar-refractivity contribution in [3.8, 4) is 11.5 Å². The lowest BCUT2D eigenvalue weighted by atomic mass is 10.1. The number of amides is 1. The molecule has 3 heteroatoms. The molecule has 1 atom stereocenters. The fourth-order valence-corrected chi connectivity index (χ4v) is 2.58. The van der Waals surface area contributed by atoms with Crippen LogP contribution < -0.4 is 10.1 Å². The number of anilines is 1. The fraction of sp³-hybridized carbons (Fsp3) is 0.211. The topological polar surface area (TPSA) is 38.3 Å². The average Bonchev–Trinajstić information content (AvgIpc) is 3.03. The van der Waals surface area contributed by atoms with Gasteiger partial charge in [-0.1, -0.05) is 42.5 Å². The maximum atomic E-state index is 12.2. The SMILES string of the molecule is O=C(C[C@@H]1C=CCC1)Nc1ccccc1Oc1ccccc1. The van der Waals surface area contributed by atoms with Crippen LogP contribution in [0, 0.1) is 5.92 Å². The van der Waals surface area contributed by atoms with Crippen molar-refractivity contribution in [2.75, 3.05) is 5.32 Å². The summed E-state index contributed by atoms with van der Waals surface area (Å²) in [4.78, 5) is 12.2. The maximum Gasteiger partial charge on any atom is 0.225 e. The normalized spacial score (nSPS) is 16.5. The molecule has 1 amide bonds. The van der Waals surface area contributed by atoms with Gasteiger partial charge in [-0.3, -0.25) is 4.79 Å². The number of benzene rings is 2. The standard InChI is InChI=1S/C19H19NO2/c21-19(14-15-8-4-5-9-15)20-17-12-6-7-13-18(17)22-16-10-2-1-3-11-16/h1-4,6-8,10-13,15H,5,9,14H2,(H,20,21)/t15-/m1/s1. The van der Waals surface area contributed by atoms with Gasteiger partial charge in [-0.15, -0.1) is 0 Å². The summed E-state index contributed by atoms with van der Waals surface area (Å²) in [6.45, 7) is 0. The van der Waals surface area contributed by atoms with Crippen LogP contribution in [-0.4, -0.2) is 5.91 Å². The number of rotatable bonds is 5. The van der Waals surface area contributed by atoms with Gasteiger partial charge in [0.2, 0.25) is 5.91 Å². The highest BCUT2D eigenvalue weighted by atomic mass is 16.5. The third-order valence-corrected chi connectivity index (χ3v) is 3.69. The van der Waals surface area contributed by atoms with Crippen molar-refractivity contribution < 1.29 is 9.53 Å². The van der Waals surface area contributed by atoms with Crippen molar-refractivity contribution >= 4 is 11.6 Å².